The monoisotopic (exact) mass is 247 g/mol. The lowest BCUT2D eigenvalue weighted by Crippen LogP contribution is -2.23. The highest BCUT2D eigenvalue weighted by atomic mass is 16.1. The quantitative estimate of drug-likeness (QED) is 0.757. The maximum absolute atomic E-state index is 11.7. The summed E-state index contributed by atoms with van der Waals surface area (Å²) in [5, 5.41) is 2.86. The maximum atomic E-state index is 11.7. The fraction of sp³-hybridized carbons (Fsp3) is 0.500. The number of nitrogens with two attached hydrogens (primary N) is 1. The van der Waals surface area contributed by atoms with Crippen molar-refractivity contribution in [2.24, 2.45) is 0 Å². The number of hydrogen-bond donors (Lipinski definition) is 2. The summed E-state index contributed by atoms with van der Waals surface area (Å²) >= 11 is 0. The lowest BCUT2D eigenvalue weighted by molar-refractivity contribution is -0.116. The number of anilines is 2. The lowest BCUT2D eigenvalue weighted by atomic mass is 10.2. The average Bonchev–Trinajstić information content (AvgIpc) is 3.12. The molecule has 0 atom stereocenters. The van der Waals surface area contributed by atoms with E-state index in [1.54, 1.807) is 12.1 Å². The Labute approximate surface area is 108 Å². The molecular formula is C14H21N3O. The van der Waals surface area contributed by atoms with Crippen LogP contribution in [0.4, 0.5) is 11.4 Å². The van der Waals surface area contributed by atoms with Crippen LogP contribution in [0.3, 0.4) is 0 Å². The first-order chi connectivity index (χ1) is 8.65. The first kappa shape index (κ1) is 12.9. The number of nitrogen functional groups attached to an aromatic ring is 1. The van der Waals surface area contributed by atoms with Gasteiger partial charge in [-0.3, -0.25) is 4.79 Å². The fourth-order valence-corrected chi connectivity index (χ4v) is 2.03. The minimum absolute atomic E-state index is 0.0600. The molecule has 3 N–H and O–H groups in total. The van der Waals surface area contributed by atoms with E-state index in [9.17, 15) is 4.79 Å². The number of carbonyl (C=O) groups is 1. The molecule has 0 heterocycles. The Kier molecular flexibility index (Phi) is 4.20. The largest absolute Gasteiger partial charge is 0.399 e. The van der Waals surface area contributed by atoms with Gasteiger partial charge in [0.2, 0.25) is 5.91 Å². The van der Waals surface area contributed by atoms with Crippen LogP contribution in [-0.4, -0.2) is 30.4 Å². The van der Waals surface area contributed by atoms with Crippen molar-refractivity contribution in [1.82, 2.24) is 4.90 Å². The molecule has 1 aliphatic rings. The van der Waals surface area contributed by atoms with Gasteiger partial charge in [-0.25, -0.2) is 0 Å². The molecule has 1 saturated carbocycles. The molecule has 18 heavy (non-hydrogen) atoms. The van der Waals surface area contributed by atoms with E-state index in [0.717, 1.165) is 24.7 Å². The summed E-state index contributed by atoms with van der Waals surface area (Å²) in [6, 6.07) is 8.03. The van der Waals surface area contributed by atoms with Crippen molar-refractivity contribution in [1.29, 1.82) is 0 Å². The second kappa shape index (κ2) is 5.87. The van der Waals surface area contributed by atoms with Crippen LogP contribution in [0, 0.1) is 0 Å². The third-order valence-corrected chi connectivity index (χ3v) is 3.26. The first-order valence-corrected chi connectivity index (χ1v) is 6.51. The summed E-state index contributed by atoms with van der Waals surface area (Å²) in [6.45, 7) is 0.995. The molecule has 4 nitrogen and oxygen atoms in total. The average molecular weight is 247 g/mol. The second-order valence-electron chi connectivity index (χ2n) is 4.99. The SMILES string of the molecule is CN(CCCC(=O)Nc1cccc(N)c1)C1CC1. The second-order valence-corrected chi connectivity index (χ2v) is 4.99. The number of amides is 1. The predicted molar refractivity (Wildman–Crippen MR) is 74.4 cm³/mol. The van der Waals surface area contributed by atoms with E-state index >= 15 is 0 Å². The van der Waals surface area contributed by atoms with Crippen molar-refractivity contribution in [2.45, 2.75) is 31.7 Å². The highest BCUT2D eigenvalue weighted by Gasteiger charge is 2.25. The number of nitrogens with one attached hydrogen (secondary N) is 1. The highest BCUT2D eigenvalue weighted by Crippen LogP contribution is 2.25. The highest BCUT2D eigenvalue weighted by molar-refractivity contribution is 5.91. The predicted octanol–water partition coefficient (Wildman–Crippen LogP) is 2.08. The van der Waals surface area contributed by atoms with Crippen molar-refractivity contribution >= 4 is 17.3 Å². The van der Waals surface area contributed by atoms with Crippen LogP contribution >= 0.6 is 0 Å². The molecule has 1 fully saturated rings. The Balaban J connectivity index is 1.68. The molecule has 1 aromatic carbocycles. The van der Waals surface area contributed by atoms with Gasteiger partial charge in [-0.15, -0.1) is 0 Å². The van der Waals surface area contributed by atoms with Gasteiger partial charge in [-0.2, -0.15) is 0 Å². The first-order valence-electron chi connectivity index (χ1n) is 6.51. The fourth-order valence-electron chi connectivity index (χ4n) is 2.03. The molecule has 1 aliphatic carbocycles. The lowest BCUT2D eigenvalue weighted by Gasteiger charge is -2.14. The van der Waals surface area contributed by atoms with Crippen molar-refractivity contribution in [3.8, 4) is 0 Å². The molecule has 1 amide bonds. The zero-order valence-corrected chi connectivity index (χ0v) is 10.9. The van der Waals surface area contributed by atoms with Gasteiger partial charge in [0.05, 0.1) is 0 Å². The van der Waals surface area contributed by atoms with Gasteiger partial charge in [-0.05, 0) is 51.1 Å². The zero-order chi connectivity index (χ0) is 13.0. The molecule has 1 aromatic rings. The van der Waals surface area contributed by atoms with Crippen LogP contribution in [0.1, 0.15) is 25.7 Å². The van der Waals surface area contributed by atoms with Gasteiger partial charge in [-0.1, -0.05) is 6.07 Å². The van der Waals surface area contributed by atoms with Crippen molar-refractivity contribution in [3.63, 3.8) is 0 Å². The van der Waals surface area contributed by atoms with Crippen molar-refractivity contribution < 1.29 is 4.79 Å². The van der Waals surface area contributed by atoms with Crippen LogP contribution in [-0.2, 0) is 4.79 Å². The van der Waals surface area contributed by atoms with Gasteiger partial charge in [0, 0.05) is 23.8 Å². The van der Waals surface area contributed by atoms with Crippen LogP contribution in [0.15, 0.2) is 24.3 Å². The van der Waals surface area contributed by atoms with E-state index in [4.69, 9.17) is 5.73 Å². The van der Waals surface area contributed by atoms with Gasteiger partial charge < -0.3 is 16.0 Å². The minimum Gasteiger partial charge on any atom is -0.399 e. The third-order valence-electron chi connectivity index (χ3n) is 3.26. The van der Waals surface area contributed by atoms with Gasteiger partial charge >= 0.3 is 0 Å². The molecule has 0 aliphatic heterocycles. The number of benzene rings is 1. The molecule has 0 unspecified atom stereocenters. The summed E-state index contributed by atoms with van der Waals surface area (Å²) < 4.78 is 0. The van der Waals surface area contributed by atoms with Crippen LogP contribution in [0.5, 0.6) is 0 Å². The smallest absolute Gasteiger partial charge is 0.224 e. The topological polar surface area (TPSA) is 58.4 Å². The Morgan fingerprint density at radius 3 is 2.94 bits per heavy atom. The summed E-state index contributed by atoms with van der Waals surface area (Å²) in [4.78, 5) is 14.1. The molecule has 0 spiro atoms. The van der Waals surface area contributed by atoms with E-state index in [2.05, 4.69) is 17.3 Å². The third kappa shape index (κ3) is 4.04. The number of hydrogen-bond acceptors (Lipinski definition) is 3. The number of carbonyl (C=O) groups excluding carboxylic acids is 1. The summed E-state index contributed by atoms with van der Waals surface area (Å²) in [5.74, 6) is 0.0600. The van der Waals surface area contributed by atoms with Crippen molar-refractivity contribution in [3.05, 3.63) is 24.3 Å². The van der Waals surface area contributed by atoms with E-state index in [0.29, 0.717) is 12.1 Å². The normalized spacial score (nSPS) is 14.8. The Morgan fingerprint density at radius 1 is 1.50 bits per heavy atom. The zero-order valence-electron chi connectivity index (χ0n) is 10.9. The molecule has 98 valence electrons. The van der Waals surface area contributed by atoms with E-state index in [1.807, 2.05) is 12.1 Å². The molecular weight excluding hydrogens is 226 g/mol. The Bertz CT molecular complexity index is 415. The van der Waals surface area contributed by atoms with E-state index in [1.165, 1.54) is 12.8 Å². The van der Waals surface area contributed by atoms with Crippen molar-refractivity contribution in [2.75, 3.05) is 24.6 Å². The molecule has 0 bridgehead atoms. The molecule has 0 radical (unpaired) electrons. The maximum Gasteiger partial charge on any atom is 0.224 e. The molecule has 0 saturated heterocycles. The number of nitrogens with zero attached hydrogens (tertiary/aromatic N) is 1. The van der Waals surface area contributed by atoms with Gasteiger partial charge in [0.25, 0.3) is 0 Å². The van der Waals surface area contributed by atoms with Crippen LogP contribution < -0.4 is 11.1 Å². The van der Waals surface area contributed by atoms with Crippen LogP contribution in [0.2, 0.25) is 0 Å². The van der Waals surface area contributed by atoms with Gasteiger partial charge in [0.1, 0.15) is 0 Å². The standard InChI is InChI=1S/C14H21N3O/c1-17(13-7-8-13)9-3-6-14(18)16-12-5-2-4-11(15)10-12/h2,4-5,10,13H,3,6-9,15H2,1H3,(H,16,18). The summed E-state index contributed by atoms with van der Waals surface area (Å²) in [6.07, 6.45) is 4.09. The summed E-state index contributed by atoms with van der Waals surface area (Å²) in [5.41, 5.74) is 7.10. The van der Waals surface area contributed by atoms with Crippen LogP contribution in [0.25, 0.3) is 0 Å². The molecule has 2 rings (SSSR count). The molecule has 4 heteroatoms. The van der Waals surface area contributed by atoms with E-state index < -0.39 is 0 Å². The molecule has 0 aromatic heterocycles. The Morgan fingerprint density at radius 2 is 2.28 bits per heavy atom. The summed E-state index contributed by atoms with van der Waals surface area (Å²) in [7, 11) is 2.13. The number of rotatable bonds is 6. The minimum atomic E-state index is 0.0600. The van der Waals surface area contributed by atoms with Gasteiger partial charge in [0.15, 0.2) is 0 Å². The van der Waals surface area contributed by atoms with E-state index in [-0.39, 0.29) is 5.91 Å². The Hall–Kier alpha value is -1.55.